The number of benzene rings is 1. The number of cyclic esters (lactones) is 1. The van der Waals surface area contributed by atoms with E-state index in [1.165, 1.54) is 6.92 Å². The molecule has 2 atom stereocenters. The molecule has 1 aromatic carbocycles. The van der Waals surface area contributed by atoms with E-state index >= 15 is 0 Å². The zero-order valence-electron chi connectivity index (χ0n) is 9.10. The molecule has 1 aromatic rings. The van der Waals surface area contributed by atoms with Gasteiger partial charge in [0.15, 0.2) is 6.10 Å². The van der Waals surface area contributed by atoms with Gasteiger partial charge in [-0.05, 0) is 13.0 Å². The highest BCUT2D eigenvalue weighted by atomic mass is 16.6. The first-order valence-corrected chi connectivity index (χ1v) is 5.06. The number of carbonyl (C=O) groups is 2. The van der Waals surface area contributed by atoms with E-state index in [9.17, 15) is 9.59 Å². The number of hydrogen-bond acceptors (Lipinski definition) is 4. The molecule has 0 amide bonds. The Kier molecular flexibility index (Phi) is 2.64. The van der Waals surface area contributed by atoms with Crippen molar-refractivity contribution in [2.24, 2.45) is 0 Å². The van der Waals surface area contributed by atoms with Gasteiger partial charge >= 0.3 is 11.9 Å². The van der Waals surface area contributed by atoms with Gasteiger partial charge in [0.1, 0.15) is 6.10 Å². The van der Waals surface area contributed by atoms with Crippen LogP contribution in [0.15, 0.2) is 24.3 Å². The van der Waals surface area contributed by atoms with Crippen LogP contribution in [0.3, 0.4) is 0 Å². The van der Waals surface area contributed by atoms with Gasteiger partial charge in [0.2, 0.25) is 0 Å². The summed E-state index contributed by atoms with van der Waals surface area (Å²) in [5, 5.41) is 0. The van der Waals surface area contributed by atoms with E-state index in [1.807, 2.05) is 0 Å². The van der Waals surface area contributed by atoms with Gasteiger partial charge in [-0.3, -0.25) is 4.79 Å². The van der Waals surface area contributed by atoms with Gasteiger partial charge in [0.05, 0.1) is 5.56 Å². The molecule has 0 radical (unpaired) electrons. The minimum absolute atomic E-state index is 0.369. The normalized spacial score (nSPS) is 23.2. The van der Waals surface area contributed by atoms with Crippen molar-refractivity contribution in [2.75, 3.05) is 0 Å². The predicted molar refractivity (Wildman–Crippen MR) is 55.8 cm³/mol. The maximum absolute atomic E-state index is 11.6. The first-order valence-electron chi connectivity index (χ1n) is 5.06. The first kappa shape index (κ1) is 10.7. The van der Waals surface area contributed by atoms with E-state index in [-0.39, 0.29) is 11.9 Å². The van der Waals surface area contributed by atoms with Crippen LogP contribution >= 0.6 is 0 Å². The van der Waals surface area contributed by atoms with E-state index in [0.29, 0.717) is 11.1 Å². The third-order valence-corrected chi connectivity index (χ3v) is 2.50. The Morgan fingerprint density at radius 1 is 1.38 bits per heavy atom. The second kappa shape index (κ2) is 3.96. The monoisotopic (exact) mass is 220 g/mol. The topological polar surface area (TPSA) is 52.6 Å². The molecule has 0 aromatic heterocycles. The fourth-order valence-electron chi connectivity index (χ4n) is 1.82. The van der Waals surface area contributed by atoms with Crippen molar-refractivity contribution in [3.05, 3.63) is 35.4 Å². The van der Waals surface area contributed by atoms with Crippen molar-refractivity contribution in [1.82, 2.24) is 0 Å². The standard InChI is InChI=1S/C12H12O4/c1-7-11(16-8(2)13)9-5-3-4-6-10(9)12(14)15-7/h3-7,11H,1-2H3/t7-,11+/m0/s1. The molecule has 1 aliphatic rings. The van der Waals surface area contributed by atoms with Gasteiger partial charge in [0.25, 0.3) is 0 Å². The van der Waals surface area contributed by atoms with Crippen LogP contribution in [-0.2, 0) is 14.3 Å². The Bertz CT molecular complexity index is 438. The quantitative estimate of drug-likeness (QED) is 0.678. The van der Waals surface area contributed by atoms with Crippen molar-refractivity contribution in [3.8, 4) is 0 Å². The van der Waals surface area contributed by atoms with Gasteiger partial charge in [0, 0.05) is 12.5 Å². The molecule has 1 aliphatic heterocycles. The lowest BCUT2D eigenvalue weighted by molar-refractivity contribution is -0.153. The van der Waals surface area contributed by atoms with Crippen molar-refractivity contribution in [3.63, 3.8) is 0 Å². The second-order valence-electron chi connectivity index (χ2n) is 3.73. The molecule has 16 heavy (non-hydrogen) atoms. The minimum Gasteiger partial charge on any atom is -0.455 e. The summed E-state index contributed by atoms with van der Waals surface area (Å²) < 4.78 is 10.3. The Morgan fingerprint density at radius 2 is 2.06 bits per heavy atom. The lowest BCUT2D eigenvalue weighted by Gasteiger charge is -2.29. The zero-order chi connectivity index (χ0) is 11.7. The van der Waals surface area contributed by atoms with Gasteiger partial charge in [-0.25, -0.2) is 4.79 Å². The maximum atomic E-state index is 11.6. The molecular weight excluding hydrogens is 208 g/mol. The minimum atomic E-state index is -0.508. The molecule has 84 valence electrons. The average Bonchev–Trinajstić information content (AvgIpc) is 2.24. The molecule has 0 N–H and O–H groups in total. The summed E-state index contributed by atoms with van der Waals surface area (Å²) in [6, 6.07) is 7.00. The molecule has 2 rings (SSSR count). The summed E-state index contributed by atoms with van der Waals surface area (Å²) in [7, 11) is 0. The van der Waals surface area contributed by atoms with Gasteiger partial charge in [-0.2, -0.15) is 0 Å². The summed E-state index contributed by atoms with van der Waals surface area (Å²) in [5.41, 5.74) is 1.17. The number of carbonyl (C=O) groups excluding carboxylic acids is 2. The summed E-state index contributed by atoms with van der Waals surface area (Å²) in [5.74, 6) is -0.754. The van der Waals surface area contributed by atoms with E-state index in [1.54, 1.807) is 31.2 Å². The molecule has 0 spiro atoms. The van der Waals surface area contributed by atoms with Crippen LogP contribution in [0.4, 0.5) is 0 Å². The highest BCUT2D eigenvalue weighted by Crippen LogP contribution is 2.32. The van der Waals surface area contributed by atoms with Crippen LogP contribution in [0.25, 0.3) is 0 Å². The van der Waals surface area contributed by atoms with Gasteiger partial charge in [-0.1, -0.05) is 18.2 Å². The zero-order valence-corrected chi connectivity index (χ0v) is 9.10. The summed E-state index contributed by atoms with van der Waals surface area (Å²) >= 11 is 0. The molecule has 1 heterocycles. The molecule has 0 fully saturated rings. The Labute approximate surface area is 93.2 Å². The van der Waals surface area contributed by atoms with E-state index in [4.69, 9.17) is 9.47 Å². The highest BCUT2D eigenvalue weighted by Gasteiger charge is 2.34. The molecule has 4 heteroatoms. The molecule has 0 saturated carbocycles. The van der Waals surface area contributed by atoms with Crippen LogP contribution in [-0.4, -0.2) is 18.0 Å². The maximum Gasteiger partial charge on any atom is 0.338 e. The third-order valence-electron chi connectivity index (χ3n) is 2.50. The summed E-state index contributed by atoms with van der Waals surface area (Å²) in [6.45, 7) is 3.05. The molecular formula is C12H12O4. The fraction of sp³-hybridized carbons (Fsp3) is 0.333. The van der Waals surface area contributed by atoms with Gasteiger partial charge < -0.3 is 9.47 Å². The Hall–Kier alpha value is -1.84. The van der Waals surface area contributed by atoms with Crippen LogP contribution in [0.1, 0.15) is 35.9 Å². The largest absolute Gasteiger partial charge is 0.455 e. The summed E-state index contributed by atoms with van der Waals surface area (Å²) in [4.78, 5) is 22.6. The number of rotatable bonds is 1. The van der Waals surface area contributed by atoms with Crippen molar-refractivity contribution < 1.29 is 19.1 Å². The first-order chi connectivity index (χ1) is 7.59. The molecule has 4 nitrogen and oxygen atoms in total. The fourth-order valence-corrected chi connectivity index (χ4v) is 1.82. The number of esters is 2. The van der Waals surface area contributed by atoms with Crippen molar-refractivity contribution in [2.45, 2.75) is 26.1 Å². The van der Waals surface area contributed by atoms with Crippen LogP contribution < -0.4 is 0 Å². The second-order valence-corrected chi connectivity index (χ2v) is 3.73. The summed E-state index contributed by atoms with van der Waals surface area (Å²) in [6.07, 6.45) is -0.960. The number of ether oxygens (including phenoxy) is 2. The SMILES string of the molecule is CC(=O)O[C@H]1c2ccccc2C(=O)O[C@H]1C. The lowest BCUT2D eigenvalue weighted by atomic mass is 9.96. The predicted octanol–water partition coefficient (Wildman–Crippen LogP) is 1.85. The Morgan fingerprint density at radius 3 is 2.75 bits per heavy atom. The van der Waals surface area contributed by atoms with Crippen LogP contribution in [0.2, 0.25) is 0 Å². The van der Waals surface area contributed by atoms with E-state index < -0.39 is 12.2 Å². The molecule has 0 bridgehead atoms. The number of hydrogen-bond donors (Lipinski definition) is 0. The highest BCUT2D eigenvalue weighted by molar-refractivity contribution is 5.92. The van der Waals surface area contributed by atoms with Crippen LogP contribution in [0.5, 0.6) is 0 Å². The average molecular weight is 220 g/mol. The van der Waals surface area contributed by atoms with Crippen LogP contribution in [0, 0.1) is 0 Å². The van der Waals surface area contributed by atoms with Crippen molar-refractivity contribution >= 4 is 11.9 Å². The smallest absolute Gasteiger partial charge is 0.338 e. The molecule has 0 aliphatic carbocycles. The van der Waals surface area contributed by atoms with Crippen molar-refractivity contribution in [1.29, 1.82) is 0 Å². The molecule has 0 saturated heterocycles. The Balaban J connectivity index is 2.42. The number of fused-ring (bicyclic) bond motifs is 1. The van der Waals surface area contributed by atoms with Gasteiger partial charge in [-0.15, -0.1) is 0 Å². The van der Waals surface area contributed by atoms with E-state index in [0.717, 1.165) is 0 Å². The lowest BCUT2D eigenvalue weighted by Crippen LogP contribution is -2.32. The molecule has 0 unspecified atom stereocenters. The van der Waals surface area contributed by atoms with E-state index in [2.05, 4.69) is 0 Å². The third kappa shape index (κ3) is 1.78.